The van der Waals surface area contributed by atoms with Gasteiger partial charge >= 0.3 is 6.18 Å². The number of likely N-dealkylation sites (tertiary alicyclic amines) is 2. The Morgan fingerprint density at radius 3 is 2.34 bits per heavy atom. The minimum atomic E-state index is -4.70. The molecule has 65 heavy (non-hydrogen) atoms. The second-order valence-corrected chi connectivity index (χ2v) is 21.3. The van der Waals surface area contributed by atoms with Crippen molar-refractivity contribution in [2.45, 2.75) is 132 Å². The number of fused-ring (bicyclic) bond motifs is 6. The summed E-state index contributed by atoms with van der Waals surface area (Å²) in [6.07, 6.45) is 0.856. The zero-order valence-corrected chi connectivity index (χ0v) is 37.3. The Bertz CT molecular complexity index is 2530. The number of carbonyl (C=O) groups is 5. The molecule has 344 valence electrons. The molecule has 8 aliphatic rings. The van der Waals surface area contributed by atoms with Crippen LogP contribution in [0.2, 0.25) is 5.02 Å². The van der Waals surface area contributed by atoms with Gasteiger partial charge in [-0.25, -0.2) is 4.39 Å². The minimum Gasteiger partial charge on any atom is -0.384 e. The van der Waals surface area contributed by atoms with Crippen LogP contribution in [0.4, 0.5) is 23.2 Å². The van der Waals surface area contributed by atoms with Gasteiger partial charge in [0.25, 0.3) is 5.91 Å². The van der Waals surface area contributed by atoms with Crippen LogP contribution in [0.1, 0.15) is 129 Å². The van der Waals surface area contributed by atoms with E-state index in [9.17, 15) is 37.1 Å². The van der Waals surface area contributed by atoms with Gasteiger partial charge in [-0.05, 0) is 91.7 Å². The number of hydrogen-bond donors (Lipinski definition) is 3. The molecule has 2 bridgehead atoms. The molecule has 3 aromatic rings. The summed E-state index contributed by atoms with van der Waals surface area (Å²) in [4.78, 5) is 76.0. The van der Waals surface area contributed by atoms with Crippen LogP contribution in [0.5, 0.6) is 0 Å². The summed E-state index contributed by atoms with van der Waals surface area (Å²) in [5, 5.41) is 5.44. The van der Waals surface area contributed by atoms with Crippen LogP contribution in [-0.4, -0.2) is 92.5 Å². The first kappa shape index (κ1) is 43.8. The van der Waals surface area contributed by atoms with Crippen LogP contribution in [-0.2, 0) is 37.3 Å². The maximum Gasteiger partial charge on any atom is 0.433 e. The zero-order chi connectivity index (χ0) is 46.2. The van der Waals surface area contributed by atoms with Crippen molar-refractivity contribution in [2.75, 3.05) is 25.0 Å². The van der Waals surface area contributed by atoms with Crippen LogP contribution in [0.3, 0.4) is 0 Å². The van der Waals surface area contributed by atoms with Crippen LogP contribution in [0.15, 0.2) is 48.7 Å². The van der Waals surface area contributed by atoms with Gasteiger partial charge in [-0.15, -0.1) is 0 Å². The zero-order valence-electron chi connectivity index (χ0n) is 36.5. The van der Waals surface area contributed by atoms with E-state index in [-0.39, 0.29) is 71.3 Å². The van der Waals surface area contributed by atoms with E-state index >= 15 is 4.39 Å². The lowest BCUT2D eigenvalue weighted by atomic mass is 9.55. The average Bonchev–Trinajstić information content (AvgIpc) is 3.87. The van der Waals surface area contributed by atoms with Gasteiger partial charge in [-0.3, -0.25) is 39.2 Å². The quantitative estimate of drug-likeness (QED) is 0.173. The fourth-order valence-corrected chi connectivity index (χ4v) is 13.2. The highest BCUT2D eigenvalue weighted by molar-refractivity contribution is 6.30. The Morgan fingerprint density at radius 1 is 0.985 bits per heavy atom. The number of benzene rings is 2. The van der Waals surface area contributed by atoms with Gasteiger partial charge in [0.2, 0.25) is 23.6 Å². The summed E-state index contributed by atoms with van der Waals surface area (Å²) in [5.41, 5.74) is 5.89. The Morgan fingerprint density at radius 2 is 1.69 bits per heavy atom. The SMILES string of the molecule is CC(C)(C)C[C@@H]1N(C23CCC(C(=O)N4CC(c5ccc6c(c5)CN(C5CCC(=O)NC5=O)C6=O)C4)(CC2)CC3)[C@@H](C(N)=O)[C@H](c2cccc(Cl)c2F)[C@]12CNc1cc(C(F)(F)F)ncc12. The van der Waals surface area contributed by atoms with E-state index in [0.29, 0.717) is 69.2 Å². The molecule has 1 aromatic heterocycles. The molecule has 5 amide bonds. The third-order valence-corrected chi connectivity index (χ3v) is 16.5. The highest BCUT2D eigenvalue weighted by Crippen LogP contribution is 2.65. The highest BCUT2D eigenvalue weighted by atomic mass is 35.5. The molecule has 6 heterocycles. The van der Waals surface area contributed by atoms with E-state index in [1.54, 1.807) is 18.2 Å². The topological polar surface area (TPSA) is 158 Å². The molecular formula is C48H52ClF4N7O5. The van der Waals surface area contributed by atoms with Crippen molar-refractivity contribution >= 4 is 46.8 Å². The first-order chi connectivity index (χ1) is 30.7. The number of imide groups is 1. The molecule has 0 radical (unpaired) electrons. The number of aromatic nitrogens is 1. The molecule has 1 unspecified atom stereocenters. The first-order valence-corrected chi connectivity index (χ1v) is 22.9. The monoisotopic (exact) mass is 917 g/mol. The second-order valence-electron chi connectivity index (χ2n) is 20.9. The Labute approximate surface area is 379 Å². The molecule has 1 spiro atoms. The lowest BCUT2D eigenvalue weighted by Gasteiger charge is -2.60. The van der Waals surface area contributed by atoms with E-state index < -0.39 is 69.9 Å². The van der Waals surface area contributed by atoms with Crippen molar-refractivity contribution in [3.63, 3.8) is 0 Å². The number of nitrogens with one attached hydrogen (secondary N) is 2. The fourth-order valence-electron chi connectivity index (χ4n) is 13.0. The van der Waals surface area contributed by atoms with E-state index in [4.69, 9.17) is 17.3 Å². The van der Waals surface area contributed by atoms with E-state index in [1.165, 1.54) is 17.2 Å². The number of amides is 5. The molecular weight excluding hydrogens is 866 g/mol. The third-order valence-electron chi connectivity index (χ3n) is 16.2. The smallest absolute Gasteiger partial charge is 0.384 e. The van der Waals surface area contributed by atoms with Gasteiger partial charge < -0.3 is 20.9 Å². The van der Waals surface area contributed by atoms with Gasteiger partial charge in [-0.1, -0.05) is 56.6 Å². The number of piperidine rings is 1. The summed E-state index contributed by atoms with van der Waals surface area (Å²) < 4.78 is 58.7. The number of anilines is 1. The summed E-state index contributed by atoms with van der Waals surface area (Å²) in [7, 11) is 0. The summed E-state index contributed by atoms with van der Waals surface area (Å²) in [6, 6.07) is 9.06. The van der Waals surface area contributed by atoms with Crippen molar-refractivity contribution < 1.29 is 41.5 Å². The molecule has 3 aliphatic carbocycles. The molecule has 2 aromatic carbocycles. The van der Waals surface area contributed by atoms with Crippen molar-refractivity contribution in [1.82, 2.24) is 25.0 Å². The number of pyridine rings is 1. The Hall–Kier alpha value is -5.09. The van der Waals surface area contributed by atoms with E-state index in [2.05, 4.69) is 41.3 Å². The number of nitrogens with two attached hydrogens (primary N) is 1. The lowest BCUT2D eigenvalue weighted by Crippen LogP contribution is -2.66. The highest BCUT2D eigenvalue weighted by Gasteiger charge is 2.70. The summed E-state index contributed by atoms with van der Waals surface area (Å²) in [6.45, 7) is 7.63. The van der Waals surface area contributed by atoms with Gasteiger partial charge in [0, 0.05) is 89.9 Å². The standard InChI is InChI=1S/C48H52ClF4N7O5/c1-44(2,3)19-35-47(24-56-32-18-34(48(51,52)53)55-20-30(32)47)37(29-5-4-6-31(49)38(29)50)39(40(54)62)60(35)46-14-11-45(12-15-46,13-16-46)43(65)58-21-27(22-58)25-7-8-28-26(17-25)23-59(42(28)64)33-9-10-36(61)57-41(33)63/h4-8,17-18,20,27,33,35,37,39,56H,9-16,19,21-24H2,1-3H3,(H2,54,62)(H,57,61,63)/t33?,35-,37-,39+,45?,46?,47-/m0/s1. The van der Waals surface area contributed by atoms with Crippen LogP contribution < -0.4 is 16.4 Å². The molecule has 12 nitrogen and oxygen atoms in total. The van der Waals surface area contributed by atoms with Gasteiger partial charge in [0.15, 0.2) is 0 Å². The average molecular weight is 918 g/mol. The van der Waals surface area contributed by atoms with Crippen LogP contribution >= 0.6 is 11.6 Å². The molecule has 3 saturated heterocycles. The first-order valence-electron chi connectivity index (χ1n) is 22.6. The lowest BCUT2D eigenvalue weighted by molar-refractivity contribution is -0.162. The summed E-state index contributed by atoms with van der Waals surface area (Å²) >= 11 is 6.45. The normalized spacial score (nSPS) is 31.2. The van der Waals surface area contributed by atoms with Gasteiger partial charge in [0.1, 0.15) is 17.6 Å². The van der Waals surface area contributed by atoms with E-state index in [1.807, 2.05) is 17.0 Å². The predicted octanol–water partition coefficient (Wildman–Crippen LogP) is 6.79. The number of alkyl halides is 3. The number of carbonyl (C=O) groups excluding carboxylic acids is 5. The van der Waals surface area contributed by atoms with Crippen molar-refractivity contribution in [3.8, 4) is 0 Å². The number of halogens is 5. The largest absolute Gasteiger partial charge is 0.433 e. The molecule has 5 atom stereocenters. The predicted molar refractivity (Wildman–Crippen MR) is 231 cm³/mol. The second kappa shape index (κ2) is 15.0. The van der Waals surface area contributed by atoms with Crippen molar-refractivity contribution in [1.29, 1.82) is 0 Å². The van der Waals surface area contributed by atoms with Crippen molar-refractivity contribution in [2.24, 2.45) is 16.6 Å². The number of nitrogens with zero attached hydrogens (tertiary/aromatic N) is 4. The number of primary amides is 1. The minimum absolute atomic E-state index is 0.0652. The Kier molecular flexibility index (Phi) is 10.1. The molecule has 11 rings (SSSR count). The molecule has 4 N–H and O–H groups in total. The van der Waals surface area contributed by atoms with Crippen LogP contribution in [0.25, 0.3) is 0 Å². The molecule has 17 heteroatoms. The number of rotatable bonds is 7. The van der Waals surface area contributed by atoms with Gasteiger partial charge in [0.05, 0.1) is 11.1 Å². The summed E-state index contributed by atoms with van der Waals surface area (Å²) in [5.74, 6) is -3.20. The maximum atomic E-state index is 16.5. The third kappa shape index (κ3) is 6.77. The molecule has 6 fully saturated rings. The maximum absolute atomic E-state index is 16.5. The Balaban J connectivity index is 0.924. The fraction of sp³-hybridized carbons (Fsp3) is 0.542. The van der Waals surface area contributed by atoms with E-state index in [0.717, 1.165) is 17.2 Å². The molecule has 5 aliphatic heterocycles. The van der Waals surface area contributed by atoms with Crippen LogP contribution in [0, 0.1) is 16.6 Å². The van der Waals surface area contributed by atoms with Crippen molar-refractivity contribution in [3.05, 3.63) is 93.0 Å². The number of hydrogen-bond acceptors (Lipinski definition) is 8. The molecule has 3 saturated carbocycles. The van der Waals surface area contributed by atoms with Gasteiger partial charge in [-0.2, -0.15) is 13.2 Å².